The average Bonchev–Trinajstić information content (AvgIpc) is 2.56. The van der Waals surface area contributed by atoms with Crippen LogP contribution < -0.4 is 10.5 Å². The topological polar surface area (TPSA) is 66.0 Å². The zero-order valence-corrected chi connectivity index (χ0v) is 11.1. The second kappa shape index (κ2) is 4.78. The van der Waals surface area contributed by atoms with Crippen molar-refractivity contribution < 1.29 is 4.74 Å². The summed E-state index contributed by atoms with van der Waals surface area (Å²) in [4.78, 5) is 4.19. The van der Waals surface area contributed by atoms with Crippen molar-refractivity contribution in [1.29, 1.82) is 0 Å². The molecule has 0 aliphatic carbocycles. The molecule has 0 spiro atoms. The fraction of sp³-hybridized carbons (Fsp3) is 0.385. The minimum atomic E-state index is -0.0357. The summed E-state index contributed by atoms with van der Waals surface area (Å²) in [5.41, 5.74) is 8.66. The van der Waals surface area contributed by atoms with E-state index < -0.39 is 0 Å². The number of nitrogens with zero attached hydrogens (tertiary/aromatic N) is 3. The molecular weight excluding hydrogens is 228 g/mol. The molecule has 2 aromatic rings. The Bertz CT molecular complexity index is 560. The molecule has 2 aromatic heterocycles. The normalized spacial score (nSPS) is 12.5. The van der Waals surface area contributed by atoms with Crippen molar-refractivity contribution >= 4 is 0 Å². The monoisotopic (exact) mass is 246 g/mol. The van der Waals surface area contributed by atoms with Gasteiger partial charge < -0.3 is 10.5 Å². The molecule has 5 nitrogen and oxygen atoms in total. The first-order valence-corrected chi connectivity index (χ1v) is 5.88. The van der Waals surface area contributed by atoms with Gasteiger partial charge >= 0.3 is 0 Å². The number of aromatic nitrogens is 3. The van der Waals surface area contributed by atoms with Gasteiger partial charge in [0.05, 0.1) is 5.69 Å². The third-order valence-corrected chi connectivity index (χ3v) is 2.93. The van der Waals surface area contributed by atoms with Crippen molar-refractivity contribution in [1.82, 2.24) is 14.8 Å². The Balaban J connectivity index is 2.31. The van der Waals surface area contributed by atoms with E-state index in [2.05, 4.69) is 10.1 Å². The first-order chi connectivity index (χ1) is 8.49. The minimum Gasteiger partial charge on any atom is -0.435 e. The number of hydrogen-bond acceptors (Lipinski definition) is 4. The molecule has 96 valence electrons. The molecule has 0 aliphatic rings. The molecule has 2 heterocycles. The summed E-state index contributed by atoms with van der Waals surface area (Å²) in [5, 5.41) is 4.30. The van der Waals surface area contributed by atoms with E-state index in [1.165, 1.54) is 0 Å². The highest BCUT2D eigenvalue weighted by atomic mass is 16.5. The Kier molecular flexibility index (Phi) is 3.34. The van der Waals surface area contributed by atoms with Crippen LogP contribution >= 0.6 is 0 Å². The van der Waals surface area contributed by atoms with Crippen molar-refractivity contribution in [2.75, 3.05) is 0 Å². The molecule has 0 bridgehead atoms. The van der Waals surface area contributed by atoms with Crippen LogP contribution in [-0.2, 0) is 7.05 Å². The molecule has 18 heavy (non-hydrogen) atoms. The third-order valence-electron chi connectivity index (χ3n) is 2.93. The lowest BCUT2D eigenvalue weighted by Gasteiger charge is -2.08. The standard InChI is InChI=1S/C13H18N4O/c1-8(14)11-5-6-15-12(7-11)18-13-9(2)16-17(4)10(13)3/h5-8H,14H2,1-4H3/t8-/m0/s1. The quantitative estimate of drug-likeness (QED) is 0.902. The van der Waals surface area contributed by atoms with Crippen LogP contribution in [-0.4, -0.2) is 14.8 Å². The smallest absolute Gasteiger partial charge is 0.219 e. The van der Waals surface area contributed by atoms with Crippen LogP contribution in [0.25, 0.3) is 0 Å². The van der Waals surface area contributed by atoms with Crippen molar-refractivity contribution in [3.63, 3.8) is 0 Å². The number of hydrogen-bond donors (Lipinski definition) is 1. The molecule has 0 amide bonds. The first kappa shape index (κ1) is 12.6. The molecule has 0 aliphatic heterocycles. The zero-order valence-electron chi connectivity index (χ0n) is 11.1. The van der Waals surface area contributed by atoms with Gasteiger partial charge in [-0.2, -0.15) is 5.10 Å². The van der Waals surface area contributed by atoms with Crippen LogP contribution in [0, 0.1) is 13.8 Å². The van der Waals surface area contributed by atoms with Crippen LogP contribution in [0.2, 0.25) is 0 Å². The van der Waals surface area contributed by atoms with E-state index in [9.17, 15) is 0 Å². The van der Waals surface area contributed by atoms with Crippen LogP contribution in [0.4, 0.5) is 0 Å². The van der Waals surface area contributed by atoms with Gasteiger partial charge in [-0.3, -0.25) is 4.68 Å². The Morgan fingerprint density at radius 1 is 1.39 bits per heavy atom. The summed E-state index contributed by atoms with van der Waals surface area (Å²) >= 11 is 0. The van der Waals surface area contributed by atoms with Gasteiger partial charge in [0, 0.05) is 25.4 Å². The molecule has 2 N–H and O–H groups in total. The largest absolute Gasteiger partial charge is 0.435 e. The summed E-state index contributed by atoms with van der Waals surface area (Å²) < 4.78 is 7.59. The molecule has 0 fully saturated rings. The highest BCUT2D eigenvalue weighted by molar-refractivity contribution is 5.36. The summed E-state index contributed by atoms with van der Waals surface area (Å²) in [6.07, 6.45) is 1.70. The van der Waals surface area contributed by atoms with Crippen LogP contribution in [0.5, 0.6) is 11.6 Å². The summed E-state index contributed by atoms with van der Waals surface area (Å²) in [7, 11) is 1.89. The maximum Gasteiger partial charge on any atom is 0.219 e. The van der Waals surface area contributed by atoms with Gasteiger partial charge in [0.2, 0.25) is 5.88 Å². The van der Waals surface area contributed by atoms with E-state index in [-0.39, 0.29) is 6.04 Å². The van der Waals surface area contributed by atoms with Gasteiger partial charge in [0.1, 0.15) is 5.69 Å². The van der Waals surface area contributed by atoms with Gasteiger partial charge in [0.25, 0.3) is 0 Å². The lowest BCUT2D eigenvalue weighted by atomic mass is 10.1. The van der Waals surface area contributed by atoms with Crippen LogP contribution in [0.3, 0.4) is 0 Å². The number of nitrogens with two attached hydrogens (primary N) is 1. The minimum absolute atomic E-state index is 0.0357. The Morgan fingerprint density at radius 3 is 2.67 bits per heavy atom. The summed E-state index contributed by atoms with van der Waals surface area (Å²) in [6.45, 7) is 5.81. The number of pyridine rings is 1. The average molecular weight is 246 g/mol. The summed E-state index contributed by atoms with van der Waals surface area (Å²) in [6, 6.07) is 3.71. The van der Waals surface area contributed by atoms with E-state index in [4.69, 9.17) is 10.5 Å². The maximum absolute atomic E-state index is 5.84. The molecule has 5 heteroatoms. The van der Waals surface area contributed by atoms with Gasteiger partial charge in [0.15, 0.2) is 5.75 Å². The van der Waals surface area contributed by atoms with E-state index in [0.717, 1.165) is 22.7 Å². The zero-order chi connectivity index (χ0) is 13.3. The van der Waals surface area contributed by atoms with Crippen molar-refractivity contribution in [2.24, 2.45) is 12.8 Å². The third kappa shape index (κ3) is 2.36. The number of aryl methyl sites for hydroxylation is 2. The van der Waals surface area contributed by atoms with E-state index in [0.29, 0.717) is 5.88 Å². The fourth-order valence-corrected chi connectivity index (χ4v) is 1.77. The molecule has 0 radical (unpaired) electrons. The first-order valence-electron chi connectivity index (χ1n) is 5.88. The van der Waals surface area contributed by atoms with E-state index in [1.807, 2.05) is 40.0 Å². The Morgan fingerprint density at radius 2 is 2.11 bits per heavy atom. The molecule has 0 saturated heterocycles. The molecule has 2 rings (SSSR count). The molecule has 0 aromatic carbocycles. The highest BCUT2D eigenvalue weighted by Gasteiger charge is 2.12. The lowest BCUT2D eigenvalue weighted by molar-refractivity contribution is 0.454. The number of ether oxygens (including phenoxy) is 1. The predicted octanol–water partition coefficient (Wildman–Crippen LogP) is 2.24. The fourth-order valence-electron chi connectivity index (χ4n) is 1.77. The van der Waals surface area contributed by atoms with Crippen molar-refractivity contribution in [3.8, 4) is 11.6 Å². The molecule has 0 unspecified atom stereocenters. The van der Waals surface area contributed by atoms with Crippen LogP contribution in [0.1, 0.15) is 29.9 Å². The maximum atomic E-state index is 5.84. The molecular formula is C13H18N4O. The van der Waals surface area contributed by atoms with Gasteiger partial charge in [-0.05, 0) is 32.4 Å². The van der Waals surface area contributed by atoms with Gasteiger partial charge in [-0.25, -0.2) is 4.98 Å². The molecule has 0 saturated carbocycles. The van der Waals surface area contributed by atoms with E-state index >= 15 is 0 Å². The Hall–Kier alpha value is -1.88. The SMILES string of the molecule is Cc1nn(C)c(C)c1Oc1cc([C@H](C)N)ccn1. The second-order valence-corrected chi connectivity index (χ2v) is 4.44. The second-order valence-electron chi connectivity index (χ2n) is 4.44. The van der Waals surface area contributed by atoms with Crippen molar-refractivity contribution in [2.45, 2.75) is 26.8 Å². The summed E-state index contributed by atoms with van der Waals surface area (Å²) in [5.74, 6) is 1.30. The highest BCUT2D eigenvalue weighted by Crippen LogP contribution is 2.27. The van der Waals surface area contributed by atoms with Crippen LogP contribution in [0.15, 0.2) is 18.3 Å². The Labute approximate surface area is 107 Å². The van der Waals surface area contributed by atoms with E-state index in [1.54, 1.807) is 10.9 Å². The van der Waals surface area contributed by atoms with Gasteiger partial charge in [-0.1, -0.05) is 0 Å². The predicted molar refractivity (Wildman–Crippen MR) is 69.6 cm³/mol. The molecule has 1 atom stereocenters. The number of rotatable bonds is 3. The van der Waals surface area contributed by atoms with Crippen molar-refractivity contribution in [3.05, 3.63) is 35.3 Å². The lowest BCUT2D eigenvalue weighted by Crippen LogP contribution is -2.05. The van der Waals surface area contributed by atoms with Gasteiger partial charge in [-0.15, -0.1) is 0 Å².